The number of hydrogen-bond donors (Lipinski definition) is 1. The first-order chi connectivity index (χ1) is 11.3. The topological polar surface area (TPSA) is 79.0 Å². The maximum atomic E-state index is 12.4. The van der Waals surface area contributed by atoms with E-state index in [9.17, 15) is 13.2 Å². The Balaban J connectivity index is 1.88. The lowest BCUT2D eigenvalue weighted by Gasteiger charge is -2.36. The van der Waals surface area contributed by atoms with Crippen LogP contribution in [-0.4, -0.2) is 68.6 Å². The first-order valence-corrected chi connectivity index (χ1v) is 9.89. The fraction of sp³-hybridized carbons (Fsp3) is 0.562. The van der Waals surface area contributed by atoms with Crippen molar-refractivity contribution in [2.45, 2.75) is 19.9 Å². The Bertz CT molecular complexity index is 652. The van der Waals surface area contributed by atoms with Crippen LogP contribution in [0.2, 0.25) is 0 Å². The average Bonchev–Trinajstić information content (AvgIpc) is 2.55. The summed E-state index contributed by atoms with van der Waals surface area (Å²) in [6.45, 7) is 6.28. The molecule has 1 fully saturated rings. The molecule has 24 heavy (non-hydrogen) atoms. The van der Waals surface area contributed by atoms with Gasteiger partial charge in [0.15, 0.2) is 0 Å². The van der Waals surface area contributed by atoms with Crippen molar-refractivity contribution in [1.82, 2.24) is 9.21 Å². The van der Waals surface area contributed by atoms with Crippen molar-refractivity contribution in [2.75, 3.05) is 44.4 Å². The molecule has 0 saturated carbocycles. The highest BCUT2D eigenvalue weighted by Crippen LogP contribution is 2.17. The Labute approximate surface area is 143 Å². The number of carbonyl (C=O) groups is 1. The van der Waals surface area contributed by atoms with E-state index >= 15 is 0 Å². The number of hydrogen-bond acceptors (Lipinski definition) is 5. The fourth-order valence-corrected chi connectivity index (χ4v) is 3.46. The minimum atomic E-state index is -3.16. The van der Waals surface area contributed by atoms with E-state index in [1.54, 1.807) is 12.1 Å². The van der Waals surface area contributed by atoms with Crippen LogP contribution in [0.15, 0.2) is 24.3 Å². The number of nitrogens with zero attached hydrogens (tertiary/aromatic N) is 2. The monoisotopic (exact) mass is 355 g/mol. The van der Waals surface area contributed by atoms with E-state index < -0.39 is 10.0 Å². The normalized spacial score (nSPS) is 18.1. The predicted octanol–water partition coefficient (Wildman–Crippen LogP) is 0.989. The fourth-order valence-electron chi connectivity index (χ4n) is 2.64. The number of piperazine rings is 1. The summed E-state index contributed by atoms with van der Waals surface area (Å²) in [5.74, 6) is 0.660. The van der Waals surface area contributed by atoms with Gasteiger partial charge in [-0.05, 0) is 38.1 Å². The minimum absolute atomic E-state index is 0.105. The number of anilines is 1. The van der Waals surface area contributed by atoms with Crippen LogP contribution in [0.3, 0.4) is 0 Å². The molecule has 1 amide bonds. The molecule has 134 valence electrons. The summed E-state index contributed by atoms with van der Waals surface area (Å²) in [6.07, 6.45) is 1.21. The second kappa shape index (κ2) is 7.96. The average molecular weight is 355 g/mol. The lowest BCUT2D eigenvalue weighted by atomic mass is 10.2. The van der Waals surface area contributed by atoms with Crippen molar-refractivity contribution < 1.29 is 17.9 Å². The van der Waals surface area contributed by atoms with Gasteiger partial charge in [-0.25, -0.2) is 8.42 Å². The molecule has 1 aliphatic rings. The smallest absolute Gasteiger partial charge is 0.241 e. The third kappa shape index (κ3) is 4.93. The molecule has 1 N–H and O–H groups in total. The standard InChI is InChI=1S/C16H25N3O4S/c1-4-23-15-7-5-14(6-8-15)17-16(20)13(2)18-9-11-19(12-10-18)24(3,21)22/h5-8,13H,4,9-12H2,1-3H3,(H,17,20). The van der Waals surface area contributed by atoms with Gasteiger partial charge in [0.25, 0.3) is 0 Å². The van der Waals surface area contributed by atoms with Crippen LogP contribution in [-0.2, 0) is 14.8 Å². The molecule has 1 atom stereocenters. The predicted molar refractivity (Wildman–Crippen MR) is 93.7 cm³/mol. The number of ether oxygens (including phenoxy) is 1. The molecule has 0 aliphatic carbocycles. The lowest BCUT2D eigenvalue weighted by Crippen LogP contribution is -2.53. The third-order valence-corrected chi connectivity index (χ3v) is 5.41. The Morgan fingerprint density at radius 3 is 2.29 bits per heavy atom. The molecule has 0 radical (unpaired) electrons. The molecule has 1 saturated heterocycles. The molecular weight excluding hydrogens is 330 g/mol. The second-order valence-electron chi connectivity index (χ2n) is 5.82. The molecule has 0 bridgehead atoms. The molecule has 2 rings (SSSR count). The lowest BCUT2D eigenvalue weighted by molar-refractivity contribution is -0.121. The first-order valence-electron chi connectivity index (χ1n) is 8.04. The zero-order chi connectivity index (χ0) is 17.7. The number of benzene rings is 1. The molecule has 1 aromatic carbocycles. The Morgan fingerprint density at radius 2 is 1.79 bits per heavy atom. The maximum Gasteiger partial charge on any atom is 0.241 e. The molecule has 1 heterocycles. The number of rotatable bonds is 6. The summed E-state index contributed by atoms with van der Waals surface area (Å²) in [5, 5.41) is 2.88. The highest BCUT2D eigenvalue weighted by molar-refractivity contribution is 7.88. The Kier molecular flexibility index (Phi) is 6.20. The van der Waals surface area contributed by atoms with Crippen LogP contribution < -0.4 is 10.1 Å². The van der Waals surface area contributed by atoms with E-state index in [4.69, 9.17) is 4.74 Å². The largest absolute Gasteiger partial charge is 0.494 e. The summed E-state index contributed by atoms with van der Waals surface area (Å²) < 4.78 is 29.9. The molecule has 1 aromatic rings. The number of amides is 1. The van der Waals surface area contributed by atoms with Crippen molar-refractivity contribution in [2.24, 2.45) is 0 Å². The Hall–Kier alpha value is -1.64. The molecule has 8 heteroatoms. The maximum absolute atomic E-state index is 12.4. The van der Waals surface area contributed by atoms with Crippen LogP contribution in [0, 0.1) is 0 Å². The van der Waals surface area contributed by atoms with Gasteiger partial charge in [-0.3, -0.25) is 9.69 Å². The van der Waals surface area contributed by atoms with E-state index in [0.29, 0.717) is 38.5 Å². The summed E-state index contributed by atoms with van der Waals surface area (Å²) in [5.41, 5.74) is 0.713. The van der Waals surface area contributed by atoms with Gasteiger partial charge in [-0.15, -0.1) is 0 Å². The highest BCUT2D eigenvalue weighted by Gasteiger charge is 2.28. The van der Waals surface area contributed by atoms with Gasteiger partial charge in [0.1, 0.15) is 5.75 Å². The van der Waals surface area contributed by atoms with Gasteiger partial charge >= 0.3 is 0 Å². The highest BCUT2D eigenvalue weighted by atomic mass is 32.2. The van der Waals surface area contributed by atoms with Crippen LogP contribution >= 0.6 is 0 Å². The SMILES string of the molecule is CCOc1ccc(NC(=O)C(C)N2CCN(S(C)(=O)=O)CC2)cc1. The molecule has 7 nitrogen and oxygen atoms in total. The Morgan fingerprint density at radius 1 is 1.21 bits per heavy atom. The van der Waals surface area contributed by atoms with Crippen molar-refractivity contribution in [3.8, 4) is 5.75 Å². The van der Waals surface area contributed by atoms with Crippen LogP contribution in [0.5, 0.6) is 5.75 Å². The number of nitrogens with one attached hydrogen (secondary N) is 1. The summed E-state index contributed by atoms with van der Waals surface area (Å²) in [6, 6.07) is 6.91. The van der Waals surface area contributed by atoms with E-state index in [2.05, 4.69) is 5.32 Å². The van der Waals surface area contributed by atoms with E-state index in [1.165, 1.54) is 10.6 Å². The van der Waals surface area contributed by atoms with E-state index in [0.717, 1.165) is 5.75 Å². The van der Waals surface area contributed by atoms with Gasteiger partial charge < -0.3 is 10.1 Å². The molecule has 1 unspecified atom stereocenters. The summed E-state index contributed by atoms with van der Waals surface area (Å²) in [7, 11) is -3.16. The summed E-state index contributed by atoms with van der Waals surface area (Å²) >= 11 is 0. The molecule has 1 aliphatic heterocycles. The van der Waals surface area contributed by atoms with Gasteiger partial charge in [0.05, 0.1) is 18.9 Å². The van der Waals surface area contributed by atoms with Crippen LogP contribution in [0.1, 0.15) is 13.8 Å². The third-order valence-electron chi connectivity index (χ3n) is 4.10. The van der Waals surface area contributed by atoms with Crippen LogP contribution in [0.25, 0.3) is 0 Å². The van der Waals surface area contributed by atoms with Gasteiger partial charge in [0, 0.05) is 31.9 Å². The van der Waals surface area contributed by atoms with Gasteiger partial charge in [0.2, 0.25) is 15.9 Å². The molecular formula is C16H25N3O4S. The zero-order valence-electron chi connectivity index (χ0n) is 14.4. The summed E-state index contributed by atoms with van der Waals surface area (Å²) in [4.78, 5) is 14.4. The zero-order valence-corrected chi connectivity index (χ0v) is 15.2. The van der Waals surface area contributed by atoms with Crippen LogP contribution in [0.4, 0.5) is 5.69 Å². The first kappa shape index (κ1) is 18.7. The van der Waals surface area contributed by atoms with Crippen molar-refractivity contribution in [3.05, 3.63) is 24.3 Å². The van der Waals surface area contributed by atoms with Crippen molar-refractivity contribution in [1.29, 1.82) is 0 Å². The second-order valence-corrected chi connectivity index (χ2v) is 7.80. The molecule has 0 aromatic heterocycles. The van der Waals surface area contributed by atoms with Gasteiger partial charge in [-0.2, -0.15) is 4.31 Å². The number of sulfonamides is 1. The van der Waals surface area contributed by atoms with Crippen molar-refractivity contribution in [3.63, 3.8) is 0 Å². The van der Waals surface area contributed by atoms with E-state index in [1.807, 2.05) is 30.9 Å². The quantitative estimate of drug-likeness (QED) is 0.823. The van der Waals surface area contributed by atoms with E-state index in [-0.39, 0.29) is 11.9 Å². The minimum Gasteiger partial charge on any atom is -0.494 e. The van der Waals surface area contributed by atoms with Crippen molar-refractivity contribution >= 4 is 21.6 Å². The van der Waals surface area contributed by atoms with Gasteiger partial charge in [-0.1, -0.05) is 0 Å². The number of carbonyl (C=O) groups excluding carboxylic acids is 1. The molecule has 0 spiro atoms.